The van der Waals surface area contributed by atoms with Gasteiger partial charge < -0.3 is 5.73 Å². The minimum absolute atomic E-state index is 0.0765. The molecule has 3 N–H and O–H groups in total. The summed E-state index contributed by atoms with van der Waals surface area (Å²) in [4.78, 5) is 51.2. The van der Waals surface area contributed by atoms with Crippen molar-refractivity contribution in [3.8, 4) is 6.07 Å². The number of aromatic amines is 1. The standard InChI is InChI=1S/C20H20N4O4/c1-11(2)16-17(18(26)14-8-12(3)7-13(9-14)10-21)24(6-4-5-15(22)25)20(28)23-19(16)27/h4-5,7-9,11H,6H2,1-3H3,(H2,22,25)(H,23,27,28)/b5-4+. The molecule has 1 amide bonds. The molecule has 0 aliphatic heterocycles. The van der Waals surface area contributed by atoms with E-state index in [2.05, 4.69) is 4.98 Å². The number of H-pyrrole nitrogens is 1. The Bertz CT molecular complexity index is 1130. The number of rotatable bonds is 6. The van der Waals surface area contributed by atoms with Crippen molar-refractivity contribution in [1.82, 2.24) is 9.55 Å². The van der Waals surface area contributed by atoms with Crippen LogP contribution in [0.1, 0.15) is 52.5 Å². The number of amides is 1. The van der Waals surface area contributed by atoms with E-state index in [0.29, 0.717) is 11.1 Å². The zero-order chi connectivity index (χ0) is 21.0. The molecule has 0 atom stereocenters. The van der Waals surface area contributed by atoms with Crippen LogP contribution < -0.4 is 17.0 Å². The first-order valence-corrected chi connectivity index (χ1v) is 8.55. The van der Waals surface area contributed by atoms with Crippen LogP contribution in [0.2, 0.25) is 0 Å². The number of nitrogens with two attached hydrogens (primary N) is 1. The summed E-state index contributed by atoms with van der Waals surface area (Å²) in [6.07, 6.45) is 2.40. The molecular weight excluding hydrogens is 360 g/mol. The van der Waals surface area contributed by atoms with Crippen LogP contribution in [0.4, 0.5) is 0 Å². The molecule has 0 saturated heterocycles. The topological polar surface area (TPSA) is 139 Å². The third kappa shape index (κ3) is 4.32. The van der Waals surface area contributed by atoms with Gasteiger partial charge in [0.1, 0.15) is 5.69 Å². The maximum atomic E-state index is 13.3. The van der Waals surface area contributed by atoms with Crippen LogP contribution >= 0.6 is 0 Å². The van der Waals surface area contributed by atoms with Crippen LogP contribution in [0.5, 0.6) is 0 Å². The van der Waals surface area contributed by atoms with E-state index in [0.717, 1.165) is 10.6 Å². The fourth-order valence-corrected chi connectivity index (χ4v) is 2.93. The molecule has 0 aliphatic rings. The molecule has 0 bridgehead atoms. The van der Waals surface area contributed by atoms with E-state index in [9.17, 15) is 19.2 Å². The van der Waals surface area contributed by atoms with Crippen molar-refractivity contribution in [3.63, 3.8) is 0 Å². The molecule has 2 rings (SSSR count). The number of ketones is 1. The predicted octanol–water partition coefficient (Wildman–Crippen LogP) is 1.11. The number of aryl methyl sites for hydroxylation is 1. The molecule has 1 heterocycles. The highest BCUT2D eigenvalue weighted by molar-refractivity contribution is 6.09. The molecule has 0 saturated carbocycles. The van der Waals surface area contributed by atoms with Gasteiger partial charge in [0.2, 0.25) is 11.7 Å². The van der Waals surface area contributed by atoms with Crippen molar-refractivity contribution in [2.45, 2.75) is 33.2 Å². The van der Waals surface area contributed by atoms with Crippen LogP contribution in [-0.4, -0.2) is 21.2 Å². The summed E-state index contributed by atoms with van der Waals surface area (Å²) in [5.74, 6) is -1.61. The lowest BCUT2D eigenvalue weighted by Crippen LogP contribution is -2.37. The summed E-state index contributed by atoms with van der Waals surface area (Å²) < 4.78 is 1.09. The van der Waals surface area contributed by atoms with E-state index in [-0.39, 0.29) is 29.3 Å². The molecule has 8 heteroatoms. The Morgan fingerprint density at radius 3 is 2.54 bits per heavy atom. The number of allylic oxidation sites excluding steroid dienone is 1. The average Bonchev–Trinajstić information content (AvgIpc) is 2.61. The first kappa shape index (κ1) is 20.6. The maximum Gasteiger partial charge on any atom is 0.329 e. The number of hydrogen-bond acceptors (Lipinski definition) is 5. The number of hydrogen-bond donors (Lipinski definition) is 2. The third-order valence-corrected chi connectivity index (χ3v) is 4.07. The van der Waals surface area contributed by atoms with Crippen molar-refractivity contribution < 1.29 is 9.59 Å². The quantitative estimate of drug-likeness (QED) is 0.571. The Labute approximate surface area is 160 Å². The second-order valence-corrected chi connectivity index (χ2v) is 6.62. The molecular formula is C20H20N4O4. The third-order valence-electron chi connectivity index (χ3n) is 4.07. The lowest BCUT2D eigenvalue weighted by Gasteiger charge is -2.16. The second kappa shape index (κ2) is 8.31. The van der Waals surface area contributed by atoms with Crippen molar-refractivity contribution in [3.05, 3.63) is 79.1 Å². The zero-order valence-electron chi connectivity index (χ0n) is 15.8. The number of nitrogens with zero attached hydrogens (tertiary/aromatic N) is 2. The molecule has 0 unspecified atom stereocenters. The van der Waals surface area contributed by atoms with Gasteiger partial charge >= 0.3 is 5.69 Å². The fraction of sp³-hybridized carbons (Fsp3) is 0.250. The Balaban J connectivity index is 2.79. The van der Waals surface area contributed by atoms with E-state index in [1.165, 1.54) is 12.1 Å². The highest BCUT2D eigenvalue weighted by Crippen LogP contribution is 2.20. The van der Waals surface area contributed by atoms with E-state index >= 15 is 0 Å². The van der Waals surface area contributed by atoms with E-state index in [4.69, 9.17) is 11.0 Å². The molecule has 0 spiro atoms. The molecule has 8 nitrogen and oxygen atoms in total. The van der Waals surface area contributed by atoms with Crippen LogP contribution in [-0.2, 0) is 11.3 Å². The molecule has 1 aromatic heterocycles. The minimum atomic E-state index is -0.778. The van der Waals surface area contributed by atoms with Gasteiger partial charge in [-0.25, -0.2) is 4.79 Å². The fourth-order valence-electron chi connectivity index (χ4n) is 2.93. The Kier molecular flexibility index (Phi) is 6.11. The van der Waals surface area contributed by atoms with Gasteiger partial charge in [0.15, 0.2) is 0 Å². The van der Waals surface area contributed by atoms with Crippen molar-refractivity contribution in [1.29, 1.82) is 5.26 Å². The first-order valence-electron chi connectivity index (χ1n) is 8.55. The lowest BCUT2D eigenvalue weighted by atomic mass is 9.95. The highest BCUT2D eigenvalue weighted by atomic mass is 16.2. The number of nitrogens with one attached hydrogen (secondary N) is 1. The monoisotopic (exact) mass is 380 g/mol. The lowest BCUT2D eigenvalue weighted by molar-refractivity contribution is -0.113. The number of primary amides is 1. The van der Waals surface area contributed by atoms with E-state index in [1.54, 1.807) is 32.9 Å². The van der Waals surface area contributed by atoms with Gasteiger partial charge in [-0.3, -0.25) is 23.9 Å². The molecule has 144 valence electrons. The number of nitriles is 1. The smallest absolute Gasteiger partial charge is 0.329 e. The van der Waals surface area contributed by atoms with Crippen molar-refractivity contribution >= 4 is 11.7 Å². The van der Waals surface area contributed by atoms with Crippen LogP contribution in [0.25, 0.3) is 0 Å². The summed E-state index contributed by atoms with van der Waals surface area (Å²) >= 11 is 0. The van der Waals surface area contributed by atoms with Crippen molar-refractivity contribution in [2.75, 3.05) is 0 Å². The summed E-state index contributed by atoms with van der Waals surface area (Å²) in [7, 11) is 0. The Morgan fingerprint density at radius 2 is 1.96 bits per heavy atom. The van der Waals surface area contributed by atoms with E-state index in [1.807, 2.05) is 6.07 Å². The Morgan fingerprint density at radius 1 is 1.29 bits per heavy atom. The van der Waals surface area contributed by atoms with Crippen LogP contribution in [0.3, 0.4) is 0 Å². The molecule has 0 aliphatic carbocycles. The first-order chi connectivity index (χ1) is 13.1. The molecule has 1 aromatic carbocycles. The summed E-state index contributed by atoms with van der Waals surface area (Å²) in [6, 6.07) is 6.61. The summed E-state index contributed by atoms with van der Waals surface area (Å²) in [5, 5.41) is 9.17. The SMILES string of the molecule is Cc1cc(C#N)cc(C(=O)c2c(C(C)C)c(=O)[nH]c(=O)n2C/C=C/C(N)=O)c1. The largest absolute Gasteiger partial charge is 0.366 e. The average molecular weight is 380 g/mol. The van der Waals surface area contributed by atoms with Crippen molar-refractivity contribution in [2.24, 2.45) is 5.73 Å². The number of aromatic nitrogens is 2. The van der Waals surface area contributed by atoms with Gasteiger partial charge in [0.25, 0.3) is 5.56 Å². The molecule has 0 radical (unpaired) electrons. The van der Waals surface area contributed by atoms with Gasteiger partial charge in [-0.2, -0.15) is 5.26 Å². The van der Waals surface area contributed by atoms with E-state index < -0.39 is 22.9 Å². The number of benzene rings is 1. The predicted molar refractivity (Wildman–Crippen MR) is 103 cm³/mol. The van der Waals surface area contributed by atoms with Crippen LogP contribution in [0, 0.1) is 18.3 Å². The van der Waals surface area contributed by atoms with Gasteiger partial charge in [-0.05, 0) is 36.6 Å². The summed E-state index contributed by atoms with van der Waals surface area (Å²) in [5.41, 5.74) is 4.89. The minimum Gasteiger partial charge on any atom is -0.366 e. The zero-order valence-corrected chi connectivity index (χ0v) is 15.8. The van der Waals surface area contributed by atoms with Gasteiger partial charge in [0, 0.05) is 23.7 Å². The van der Waals surface area contributed by atoms with Crippen LogP contribution in [0.15, 0.2) is 39.9 Å². The Hall–Kier alpha value is -3.73. The van der Waals surface area contributed by atoms with Gasteiger partial charge in [0.05, 0.1) is 11.6 Å². The molecule has 28 heavy (non-hydrogen) atoms. The normalized spacial score (nSPS) is 11.0. The number of carbonyl (C=O) groups is 2. The van der Waals surface area contributed by atoms with Gasteiger partial charge in [-0.15, -0.1) is 0 Å². The maximum absolute atomic E-state index is 13.3. The molecule has 0 fully saturated rings. The highest BCUT2D eigenvalue weighted by Gasteiger charge is 2.24. The molecule has 2 aromatic rings. The van der Waals surface area contributed by atoms with Gasteiger partial charge in [-0.1, -0.05) is 19.9 Å². The summed E-state index contributed by atoms with van der Waals surface area (Å²) in [6.45, 7) is 5.07. The second-order valence-electron chi connectivity index (χ2n) is 6.62. The number of carbonyl (C=O) groups excluding carboxylic acids is 2.